The van der Waals surface area contributed by atoms with Crippen LogP contribution in [0.1, 0.15) is 13.8 Å². The van der Waals surface area contributed by atoms with Gasteiger partial charge in [0.25, 0.3) is 5.69 Å². The van der Waals surface area contributed by atoms with Gasteiger partial charge < -0.3 is 10.6 Å². The van der Waals surface area contributed by atoms with Crippen LogP contribution in [0.5, 0.6) is 0 Å². The molecule has 0 aliphatic carbocycles. The Kier molecular flexibility index (Phi) is 5.88. The molecule has 23 heavy (non-hydrogen) atoms. The first-order valence-electron chi connectivity index (χ1n) is 6.71. The zero-order chi connectivity index (χ0) is 16.8. The summed E-state index contributed by atoms with van der Waals surface area (Å²) in [6, 6.07) is 6.08. The van der Waals surface area contributed by atoms with E-state index in [1.807, 2.05) is 13.8 Å². The average Bonchev–Trinajstić information content (AvgIpc) is 2.92. The van der Waals surface area contributed by atoms with Crippen molar-refractivity contribution in [3.05, 3.63) is 34.4 Å². The van der Waals surface area contributed by atoms with E-state index in [4.69, 9.17) is 0 Å². The molecule has 0 aliphatic rings. The summed E-state index contributed by atoms with van der Waals surface area (Å²) in [4.78, 5) is 22.1. The van der Waals surface area contributed by atoms with Crippen molar-refractivity contribution in [2.45, 2.75) is 24.2 Å². The number of anilines is 2. The Hall–Kier alpha value is -2.20. The highest BCUT2D eigenvalue weighted by Gasteiger charge is 2.11. The van der Waals surface area contributed by atoms with Crippen LogP contribution >= 0.6 is 23.1 Å². The van der Waals surface area contributed by atoms with Crippen LogP contribution in [-0.2, 0) is 4.79 Å². The number of hydrogen-bond acceptors (Lipinski definition) is 8. The molecule has 122 valence electrons. The Morgan fingerprint density at radius 2 is 2.22 bits per heavy atom. The molecule has 0 saturated carbocycles. The van der Waals surface area contributed by atoms with Crippen molar-refractivity contribution in [2.24, 2.45) is 0 Å². The van der Waals surface area contributed by atoms with Crippen LogP contribution in [0.2, 0.25) is 0 Å². The van der Waals surface area contributed by atoms with Gasteiger partial charge in [-0.1, -0.05) is 29.2 Å². The second-order valence-corrected chi connectivity index (χ2v) is 7.02. The minimum absolute atomic E-state index is 0.0658. The van der Waals surface area contributed by atoms with Gasteiger partial charge in [0, 0.05) is 23.9 Å². The van der Waals surface area contributed by atoms with Gasteiger partial charge in [-0.3, -0.25) is 14.9 Å². The fourth-order valence-electron chi connectivity index (χ4n) is 1.59. The summed E-state index contributed by atoms with van der Waals surface area (Å²) in [7, 11) is 0. The predicted octanol–water partition coefficient (Wildman–Crippen LogP) is 3.00. The van der Waals surface area contributed by atoms with Crippen LogP contribution in [0.3, 0.4) is 0 Å². The van der Waals surface area contributed by atoms with E-state index in [9.17, 15) is 14.9 Å². The molecule has 10 heteroatoms. The minimum Gasteiger partial charge on any atom is -0.358 e. The van der Waals surface area contributed by atoms with E-state index in [1.54, 1.807) is 6.07 Å². The SMILES string of the molecule is CC(C)Nc1nnc(SCC(=O)Nc2cccc([N+](=O)[O-])c2)s1. The molecule has 2 N–H and O–H groups in total. The van der Waals surface area contributed by atoms with E-state index >= 15 is 0 Å². The Balaban J connectivity index is 1.86. The summed E-state index contributed by atoms with van der Waals surface area (Å²) in [6.07, 6.45) is 0. The molecule has 0 atom stereocenters. The molecular weight excluding hydrogens is 338 g/mol. The number of aromatic nitrogens is 2. The number of carbonyl (C=O) groups excluding carboxylic acids is 1. The van der Waals surface area contributed by atoms with Crippen LogP contribution in [0.25, 0.3) is 0 Å². The molecule has 0 saturated heterocycles. The number of thioether (sulfide) groups is 1. The van der Waals surface area contributed by atoms with Gasteiger partial charge in [0.15, 0.2) is 4.34 Å². The molecule has 0 aliphatic heterocycles. The number of carbonyl (C=O) groups is 1. The lowest BCUT2D eigenvalue weighted by molar-refractivity contribution is -0.384. The lowest BCUT2D eigenvalue weighted by Gasteiger charge is -2.04. The first kappa shape index (κ1) is 17.2. The number of nitrogens with zero attached hydrogens (tertiary/aromatic N) is 3. The molecule has 0 radical (unpaired) electrons. The topological polar surface area (TPSA) is 110 Å². The van der Waals surface area contributed by atoms with Gasteiger partial charge in [0.2, 0.25) is 11.0 Å². The lowest BCUT2D eigenvalue weighted by Crippen LogP contribution is -2.14. The summed E-state index contributed by atoms with van der Waals surface area (Å²) >= 11 is 2.64. The van der Waals surface area contributed by atoms with Gasteiger partial charge in [-0.05, 0) is 19.9 Å². The van der Waals surface area contributed by atoms with Crippen LogP contribution in [0.4, 0.5) is 16.5 Å². The third kappa shape index (κ3) is 5.49. The third-order valence-electron chi connectivity index (χ3n) is 2.49. The smallest absolute Gasteiger partial charge is 0.271 e. The highest BCUT2D eigenvalue weighted by Crippen LogP contribution is 2.26. The zero-order valence-electron chi connectivity index (χ0n) is 12.5. The number of nitro benzene ring substituents is 1. The van der Waals surface area contributed by atoms with E-state index in [1.165, 1.54) is 41.3 Å². The number of rotatable bonds is 7. The number of amides is 1. The fourth-order valence-corrected chi connectivity index (χ4v) is 3.29. The normalized spacial score (nSPS) is 10.6. The Bertz CT molecular complexity index is 704. The molecule has 0 bridgehead atoms. The van der Waals surface area contributed by atoms with E-state index in [0.29, 0.717) is 15.2 Å². The van der Waals surface area contributed by atoms with Crippen molar-refractivity contribution in [3.63, 3.8) is 0 Å². The van der Waals surface area contributed by atoms with E-state index in [-0.39, 0.29) is 23.4 Å². The van der Waals surface area contributed by atoms with Crippen molar-refractivity contribution < 1.29 is 9.72 Å². The quantitative estimate of drug-likeness (QED) is 0.447. The highest BCUT2D eigenvalue weighted by atomic mass is 32.2. The zero-order valence-corrected chi connectivity index (χ0v) is 14.1. The number of nitro groups is 1. The summed E-state index contributed by atoms with van der Waals surface area (Å²) in [5.41, 5.74) is 0.327. The molecule has 0 spiro atoms. The highest BCUT2D eigenvalue weighted by molar-refractivity contribution is 8.01. The van der Waals surface area contributed by atoms with Crippen LogP contribution < -0.4 is 10.6 Å². The fraction of sp³-hybridized carbons (Fsp3) is 0.308. The van der Waals surface area contributed by atoms with Crippen molar-refractivity contribution >= 4 is 45.5 Å². The van der Waals surface area contributed by atoms with Crippen molar-refractivity contribution in [1.29, 1.82) is 0 Å². The largest absolute Gasteiger partial charge is 0.358 e. The maximum absolute atomic E-state index is 11.9. The average molecular weight is 353 g/mol. The maximum atomic E-state index is 11.9. The monoisotopic (exact) mass is 353 g/mol. The first-order chi connectivity index (χ1) is 10.9. The minimum atomic E-state index is -0.505. The van der Waals surface area contributed by atoms with Crippen LogP contribution in [0, 0.1) is 10.1 Å². The molecule has 1 aromatic heterocycles. The molecule has 2 rings (SSSR count). The van der Waals surface area contributed by atoms with Gasteiger partial charge in [-0.15, -0.1) is 10.2 Å². The number of hydrogen-bond donors (Lipinski definition) is 2. The van der Waals surface area contributed by atoms with Crippen molar-refractivity contribution in [3.8, 4) is 0 Å². The van der Waals surface area contributed by atoms with Gasteiger partial charge in [-0.25, -0.2) is 0 Å². The Labute approximate surface area is 140 Å². The molecule has 1 aromatic carbocycles. The first-order valence-corrected chi connectivity index (χ1v) is 8.51. The third-order valence-corrected chi connectivity index (χ3v) is 4.47. The lowest BCUT2D eigenvalue weighted by atomic mass is 10.3. The molecule has 1 amide bonds. The Morgan fingerprint density at radius 1 is 1.43 bits per heavy atom. The second kappa shape index (κ2) is 7.88. The molecule has 8 nitrogen and oxygen atoms in total. The van der Waals surface area contributed by atoms with Crippen molar-refractivity contribution in [2.75, 3.05) is 16.4 Å². The second-order valence-electron chi connectivity index (χ2n) is 4.82. The van der Waals surface area contributed by atoms with Gasteiger partial charge in [-0.2, -0.15) is 0 Å². The number of nitrogens with one attached hydrogen (secondary N) is 2. The van der Waals surface area contributed by atoms with Crippen molar-refractivity contribution in [1.82, 2.24) is 10.2 Å². The standard InChI is InChI=1S/C13H15N5O3S2/c1-8(2)14-12-16-17-13(23-12)22-7-11(19)15-9-4-3-5-10(6-9)18(20)21/h3-6,8H,7H2,1-2H3,(H,14,16)(H,15,19). The summed E-state index contributed by atoms with van der Waals surface area (Å²) < 4.78 is 0.683. The number of non-ortho nitro benzene ring substituents is 1. The van der Waals surface area contributed by atoms with E-state index in [0.717, 1.165) is 0 Å². The molecule has 0 fully saturated rings. The molecule has 2 aromatic rings. The van der Waals surface area contributed by atoms with E-state index in [2.05, 4.69) is 20.8 Å². The predicted molar refractivity (Wildman–Crippen MR) is 91.1 cm³/mol. The van der Waals surface area contributed by atoms with Gasteiger partial charge >= 0.3 is 0 Å². The van der Waals surface area contributed by atoms with E-state index < -0.39 is 4.92 Å². The van der Waals surface area contributed by atoms with Crippen LogP contribution in [0.15, 0.2) is 28.6 Å². The molecular formula is C13H15N5O3S2. The van der Waals surface area contributed by atoms with Crippen LogP contribution in [-0.4, -0.2) is 32.8 Å². The Morgan fingerprint density at radius 3 is 2.91 bits per heavy atom. The summed E-state index contributed by atoms with van der Waals surface area (Å²) in [5.74, 6) is -0.108. The molecule has 1 heterocycles. The van der Waals surface area contributed by atoms with Gasteiger partial charge in [0.05, 0.1) is 10.7 Å². The van der Waals surface area contributed by atoms with Gasteiger partial charge in [0.1, 0.15) is 0 Å². The summed E-state index contributed by atoms with van der Waals surface area (Å²) in [5, 5.41) is 25.1. The maximum Gasteiger partial charge on any atom is 0.271 e. The number of benzene rings is 1. The molecule has 0 unspecified atom stereocenters. The summed E-state index contributed by atoms with van der Waals surface area (Å²) in [6.45, 7) is 4.00.